The minimum atomic E-state index is -0.950. The lowest BCUT2D eigenvalue weighted by Crippen LogP contribution is -2.51. The van der Waals surface area contributed by atoms with Crippen molar-refractivity contribution in [3.63, 3.8) is 0 Å². The van der Waals surface area contributed by atoms with E-state index in [0.29, 0.717) is 6.42 Å². The standard InChI is InChI=1S/C15H18N2O3S/c1-16(11-6-7-21-9-11)15(20)17-12-5-3-2-4-10(12)8-13(17)14(18)19/h2-5,11,13H,6-9H2,1H3,(H,18,19)/t11?,13-/m0/s1. The van der Waals surface area contributed by atoms with Crippen LogP contribution in [0.5, 0.6) is 0 Å². The molecule has 3 rings (SSSR count). The maximum atomic E-state index is 12.8. The van der Waals surface area contributed by atoms with Gasteiger partial charge in [-0.05, 0) is 23.8 Å². The van der Waals surface area contributed by atoms with E-state index in [9.17, 15) is 14.7 Å². The van der Waals surface area contributed by atoms with Crippen molar-refractivity contribution >= 4 is 29.4 Å². The third-order valence-electron chi connectivity index (χ3n) is 4.22. The van der Waals surface area contributed by atoms with Crippen molar-refractivity contribution in [2.45, 2.75) is 24.9 Å². The molecule has 0 bridgehead atoms. The zero-order chi connectivity index (χ0) is 15.0. The Kier molecular flexibility index (Phi) is 3.80. The van der Waals surface area contributed by atoms with Gasteiger partial charge in [-0.1, -0.05) is 18.2 Å². The maximum absolute atomic E-state index is 12.8. The van der Waals surface area contributed by atoms with Crippen LogP contribution < -0.4 is 4.90 Å². The first-order chi connectivity index (χ1) is 10.1. The highest BCUT2D eigenvalue weighted by Gasteiger charge is 2.40. The Morgan fingerprint density at radius 3 is 2.81 bits per heavy atom. The van der Waals surface area contributed by atoms with Gasteiger partial charge in [0.25, 0.3) is 0 Å². The summed E-state index contributed by atoms with van der Waals surface area (Å²) in [4.78, 5) is 27.5. The number of amides is 2. The van der Waals surface area contributed by atoms with E-state index in [4.69, 9.17) is 0 Å². The van der Waals surface area contributed by atoms with Crippen molar-refractivity contribution in [1.82, 2.24) is 4.90 Å². The molecule has 2 amide bonds. The molecule has 21 heavy (non-hydrogen) atoms. The highest BCUT2D eigenvalue weighted by atomic mass is 32.2. The molecule has 0 spiro atoms. The van der Waals surface area contributed by atoms with Crippen molar-refractivity contribution in [2.75, 3.05) is 23.5 Å². The highest BCUT2D eigenvalue weighted by molar-refractivity contribution is 7.99. The number of thioether (sulfide) groups is 1. The molecular formula is C15H18N2O3S. The fraction of sp³-hybridized carbons (Fsp3) is 0.467. The van der Waals surface area contributed by atoms with Crippen LogP contribution in [0.15, 0.2) is 24.3 Å². The summed E-state index contributed by atoms with van der Waals surface area (Å²) >= 11 is 1.83. The normalized spacial score (nSPS) is 24.0. The summed E-state index contributed by atoms with van der Waals surface area (Å²) in [5.41, 5.74) is 1.65. The molecule has 2 aliphatic rings. The number of carbonyl (C=O) groups excluding carboxylic acids is 1. The van der Waals surface area contributed by atoms with Gasteiger partial charge in [0.05, 0.1) is 0 Å². The Morgan fingerprint density at radius 2 is 2.14 bits per heavy atom. The largest absolute Gasteiger partial charge is 0.480 e. The van der Waals surface area contributed by atoms with E-state index in [1.807, 2.05) is 36.0 Å². The Labute approximate surface area is 127 Å². The smallest absolute Gasteiger partial charge is 0.327 e. The number of urea groups is 1. The van der Waals surface area contributed by atoms with Gasteiger partial charge < -0.3 is 10.0 Å². The molecule has 0 radical (unpaired) electrons. The van der Waals surface area contributed by atoms with Gasteiger partial charge in [-0.3, -0.25) is 4.90 Å². The van der Waals surface area contributed by atoms with Crippen LogP contribution in [0.25, 0.3) is 0 Å². The van der Waals surface area contributed by atoms with E-state index in [0.717, 1.165) is 29.2 Å². The molecule has 5 nitrogen and oxygen atoms in total. The van der Waals surface area contributed by atoms with E-state index >= 15 is 0 Å². The number of nitrogens with zero attached hydrogens (tertiary/aromatic N) is 2. The maximum Gasteiger partial charge on any atom is 0.327 e. The number of para-hydroxylation sites is 1. The van der Waals surface area contributed by atoms with Gasteiger partial charge >= 0.3 is 12.0 Å². The lowest BCUT2D eigenvalue weighted by atomic mass is 10.1. The summed E-state index contributed by atoms with van der Waals surface area (Å²) in [6, 6.07) is 6.63. The van der Waals surface area contributed by atoms with Crippen molar-refractivity contribution in [2.24, 2.45) is 0 Å². The molecule has 0 aliphatic carbocycles. The summed E-state index contributed by atoms with van der Waals surface area (Å²) in [5, 5.41) is 9.44. The molecule has 1 saturated heterocycles. The van der Waals surface area contributed by atoms with Gasteiger partial charge in [-0.2, -0.15) is 11.8 Å². The molecule has 2 atom stereocenters. The second-order valence-electron chi connectivity index (χ2n) is 5.47. The number of benzene rings is 1. The van der Waals surface area contributed by atoms with Gasteiger partial charge in [0, 0.05) is 31.0 Å². The van der Waals surface area contributed by atoms with Gasteiger partial charge in [0.2, 0.25) is 0 Å². The number of carboxylic acids is 1. The predicted octanol–water partition coefficient (Wildman–Crippen LogP) is 2.06. The number of anilines is 1. The molecule has 112 valence electrons. The van der Waals surface area contributed by atoms with Gasteiger partial charge in [0.15, 0.2) is 0 Å². The van der Waals surface area contributed by atoms with Crippen LogP contribution in [0.1, 0.15) is 12.0 Å². The van der Waals surface area contributed by atoms with Crippen LogP contribution in [0.3, 0.4) is 0 Å². The lowest BCUT2D eigenvalue weighted by molar-refractivity contribution is -0.138. The fourth-order valence-corrected chi connectivity index (χ4v) is 4.24. The number of carbonyl (C=O) groups is 2. The Bertz CT molecular complexity index is 572. The quantitative estimate of drug-likeness (QED) is 0.908. The molecule has 0 aromatic heterocycles. The van der Waals surface area contributed by atoms with Crippen LogP contribution in [0.2, 0.25) is 0 Å². The molecule has 1 N–H and O–H groups in total. The first-order valence-electron chi connectivity index (χ1n) is 7.04. The van der Waals surface area contributed by atoms with Crippen LogP contribution >= 0.6 is 11.8 Å². The number of hydrogen-bond donors (Lipinski definition) is 1. The minimum Gasteiger partial charge on any atom is -0.480 e. The predicted molar refractivity (Wildman–Crippen MR) is 82.9 cm³/mol. The van der Waals surface area contributed by atoms with Crippen LogP contribution in [-0.2, 0) is 11.2 Å². The number of rotatable bonds is 2. The molecule has 6 heteroatoms. The fourth-order valence-electron chi connectivity index (χ4n) is 2.97. The van der Waals surface area contributed by atoms with Gasteiger partial charge in [-0.25, -0.2) is 9.59 Å². The zero-order valence-electron chi connectivity index (χ0n) is 11.9. The molecule has 1 fully saturated rings. The Morgan fingerprint density at radius 1 is 1.38 bits per heavy atom. The van der Waals surface area contributed by atoms with Crippen LogP contribution in [0.4, 0.5) is 10.5 Å². The molecule has 1 aromatic carbocycles. The lowest BCUT2D eigenvalue weighted by Gasteiger charge is -2.31. The number of carboxylic acid groups (broad SMARTS) is 1. The monoisotopic (exact) mass is 306 g/mol. The summed E-state index contributed by atoms with van der Waals surface area (Å²) < 4.78 is 0. The molecular weight excluding hydrogens is 288 g/mol. The zero-order valence-corrected chi connectivity index (χ0v) is 12.7. The van der Waals surface area contributed by atoms with E-state index in [2.05, 4.69) is 0 Å². The number of hydrogen-bond acceptors (Lipinski definition) is 3. The summed E-state index contributed by atoms with van der Waals surface area (Å²) in [5.74, 6) is 1.03. The topological polar surface area (TPSA) is 60.9 Å². The van der Waals surface area contributed by atoms with Crippen LogP contribution in [0, 0.1) is 0 Å². The second-order valence-corrected chi connectivity index (χ2v) is 6.62. The third-order valence-corrected chi connectivity index (χ3v) is 5.37. The Balaban J connectivity index is 1.90. The summed E-state index contributed by atoms with van der Waals surface area (Å²) in [6.07, 6.45) is 1.35. The summed E-state index contributed by atoms with van der Waals surface area (Å²) in [6.45, 7) is 0. The van der Waals surface area contributed by atoms with Gasteiger partial charge in [-0.15, -0.1) is 0 Å². The van der Waals surface area contributed by atoms with Crippen LogP contribution in [-0.4, -0.2) is 52.6 Å². The molecule has 2 heterocycles. The van der Waals surface area contributed by atoms with E-state index < -0.39 is 12.0 Å². The average Bonchev–Trinajstić information content (AvgIpc) is 3.12. The first kappa shape index (κ1) is 14.3. The summed E-state index contributed by atoms with van der Waals surface area (Å²) in [7, 11) is 1.78. The van der Waals surface area contributed by atoms with E-state index in [1.54, 1.807) is 11.9 Å². The van der Waals surface area contributed by atoms with Crippen molar-refractivity contribution in [1.29, 1.82) is 0 Å². The molecule has 1 aromatic rings. The van der Waals surface area contributed by atoms with E-state index in [-0.39, 0.29) is 12.1 Å². The third kappa shape index (κ3) is 2.48. The van der Waals surface area contributed by atoms with Crippen molar-refractivity contribution < 1.29 is 14.7 Å². The number of aliphatic carboxylic acids is 1. The minimum absolute atomic E-state index is 0.199. The number of fused-ring (bicyclic) bond motifs is 1. The first-order valence-corrected chi connectivity index (χ1v) is 8.19. The SMILES string of the molecule is CN(C(=O)N1c2ccccc2C[C@H]1C(=O)O)C1CCSC1. The molecule has 1 unspecified atom stereocenters. The van der Waals surface area contributed by atoms with Crippen molar-refractivity contribution in [3.05, 3.63) is 29.8 Å². The molecule has 2 aliphatic heterocycles. The highest BCUT2D eigenvalue weighted by Crippen LogP contribution is 2.34. The van der Waals surface area contributed by atoms with E-state index in [1.165, 1.54) is 4.90 Å². The van der Waals surface area contributed by atoms with Crippen molar-refractivity contribution in [3.8, 4) is 0 Å². The second kappa shape index (κ2) is 5.60. The molecule has 0 saturated carbocycles. The average molecular weight is 306 g/mol. The Hall–Kier alpha value is -1.69. The van der Waals surface area contributed by atoms with Gasteiger partial charge in [0.1, 0.15) is 6.04 Å².